The van der Waals surface area contributed by atoms with E-state index in [-0.39, 0.29) is 0 Å². The van der Waals surface area contributed by atoms with Crippen LogP contribution in [0.25, 0.3) is 0 Å². The Bertz CT molecular complexity index is 382. The topological polar surface area (TPSA) is 51.2 Å². The quantitative estimate of drug-likeness (QED) is 0.743. The molecule has 1 aliphatic heterocycles. The molecule has 4 nitrogen and oxygen atoms in total. The van der Waals surface area contributed by atoms with Gasteiger partial charge in [-0.2, -0.15) is 0 Å². The molecule has 0 spiro atoms. The molecule has 1 aromatic carbocycles. The number of hydrogen-bond donors (Lipinski definition) is 3. The molecule has 1 saturated heterocycles. The van der Waals surface area contributed by atoms with Crippen molar-refractivity contribution in [3.05, 3.63) is 28.2 Å². The fraction of sp³-hybridized carbons (Fsp3) is 0.417. The molecule has 2 rings (SSSR count). The summed E-state index contributed by atoms with van der Waals surface area (Å²) in [6.45, 7) is 3.91. The zero-order valence-corrected chi connectivity index (χ0v) is 12.1. The van der Waals surface area contributed by atoms with E-state index in [4.69, 9.17) is 5.41 Å². The van der Waals surface area contributed by atoms with Gasteiger partial charge in [-0.25, -0.2) is 0 Å². The van der Waals surface area contributed by atoms with Crippen molar-refractivity contribution in [3.8, 4) is 0 Å². The first-order chi connectivity index (χ1) is 8.00. The molecule has 0 radical (unpaired) electrons. The molecule has 17 heavy (non-hydrogen) atoms. The molecule has 1 aromatic rings. The Balaban J connectivity index is 0.000000202. The minimum Gasteiger partial charge on any atom is -0.377 e. The molecule has 94 valence electrons. The summed E-state index contributed by atoms with van der Waals surface area (Å²) < 4.78 is 1.14. The van der Waals surface area contributed by atoms with Crippen LogP contribution in [0.2, 0.25) is 0 Å². The smallest absolute Gasteiger partial charge is 0.188 e. The third-order valence-corrected chi connectivity index (χ3v) is 2.86. The van der Waals surface area contributed by atoms with Crippen molar-refractivity contribution in [2.24, 2.45) is 0 Å². The van der Waals surface area contributed by atoms with Gasteiger partial charge in [0, 0.05) is 37.3 Å². The van der Waals surface area contributed by atoms with E-state index < -0.39 is 0 Å². The summed E-state index contributed by atoms with van der Waals surface area (Å²) in [6, 6.07) is 6.29. The van der Waals surface area contributed by atoms with E-state index >= 15 is 0 Å². The molecule has 1 fully saturated rings. The fourth-order valence-corrected chi connectivity index (χ4v) is 2.03. The summed E-state index contributed by atoms with van der Waals surface area (Å²) in [5.41, 5.74) is 2.57. The number of nitrogens with one attached hydrogen (secondary N) is 3. The number of guanidine groups is 1. The second kappa shape index (κ2) is 6.49. The van der Waals surface area contributed by atoms with Crippen molar-refractivity contribution in [2.45, 2.75) is 6.92 Å². The number of anilines is 1. The van der Waals surface area contributed by atoms with Crippen molar-refractivity contribution < 1.29 is 0 Å². The van der Waals surface area contributed by atoms with Crippen LogP contribution in [0, 0.1) is 12.3 Å². The maximum Gasteiger partial charge on any atom is 0.188 e. The average Bonchev–Trinajstić information content (AvgIpc) is 2.69. The number of rotatable bonds is 1. The Hall–Kier alpha value is -1.23. The molecule has 0 bridgehead atoms. The van der Waals surface area contributed by atoms with Crippen molar-refractivity contribution in [2.75, 3.05) is 32.1 Å². The van der Waals surface area contributed by atoms with Gasteiger partial charge in [0.2, 0.25) is 0 Å². The summed E-state index contributed by atoms with van der Waals surface area (Å²) in [4.78, 5) is 2.11. The van der Waals surface area contributed by atoms with Crippen LogP contribution in [0.1, 0.15) is 5.56 Å². The number of hydrogen-bond acceptors (Lipinski definition) is 2. The lowest BCUT2D eigenvalue weighted by Crippen LogP contribution is -2.21. The first-order valence-corrected chi connectivity index (χ1v) is 6.30. The average molecular weight is 299 g/mol. The van der Waals surface area contributed by atoms with Gasteiger partial charge in [-0.05, 0) is 30.7 Å². The van der Waals surface area contributed by atoms with E-state index in [9.17, 15) is 0 Å². The Morgan fingerprint density at radius 3 is 2.18 bits per heavy atom. The highest BCUT2D eigenvalue weighted by Gasteiger charge is 1.99. The SMILES string of the molecule is Cc1cc(Br)ccc1N(C)C.N=C1NCCN1. The third-order valence-electron chi connectivity index (χ3n) is 2.37. The minimum absolute atomic E-state index is 0.454. The Labute approximate surface area is 111 Å². The molecule has 0 aromatic heterocycles. The highest BCUT2D eigenvalue weighted by molar-refractivity contribution is 9.10. The Kier molecular flexibility index (Phi) is 5.28. The van der Waals surface area contributed by atoms with Crippen molar-refractivity contribution in [1.82, 2.24) is 10.6 Å². The predicted octanol–water partition coefficient (Wildman–Crippen LogP) is 1.94. The lowest BCUT2D eigenvalue weighted by Gasteiger charge is -2.15. The maximum absolute atomic E-state index is 6.83. The van der Waals surface area contributed by atoms with Gasteiger partial charge in [0.15, 0.2) is 5.96 Å². The third kappa shape index (κ3) is 4.65. The lowest BCUT2D eigenvalue weighted by atomic mass is 10.2. The standard InChI is InChI=1S/C9H12BrN.C3H7N3/c1-7-6-8(10)4-5-9(7)11(2)3;4-3-5-1-2-6-3/h4-6H,1-3H3;1-2H2,(H3,4,5,6). The molecular weight excluding hydrogens is 280 g/mol. The van der Waals surface area contributed by atoms with E-state index in [0.29, 0.717) is 5.96 Å². The molecular formula is C12H19BrN4. The first kappa shape index (κ1) is 13.8. The number of halogens is 1. The van der Waals surface area contributed by atoms with E-state index in [2.05, 4.69) is 70.7 Å². The van der Waals surface area contributed by atoms with Gasteiger partial charge in [0.25, 0.3) is 0 Å². The van der Waals surface area contributed by atoms with Gasteiger partial charge < -0.3 is 15.5 Å². The molecule has 3 N–H and O–H groups in total. The summed E-state index contributed by atoms with van der Waals surface area (Å²) >= 11 is 3.43. The number of aryl methyl sites for hydroxylation is 1. The van der Waals surface area contributed by atoms with Crippen molar-refractivity contribution >= 4 is 27.6 Å². The number of benzene rings is 1. The normalized spacial score (nSPS) is 13.3. The molecule has 1 heterocycles. The summed E-state index contributed by atoms with van der Waals surface area (Å²) in [5, 5.41) is 12.4. The van der Waals surface area contributed by atoms with Crippen molar-refractivity contribution in [3.63, 3.8) is 0 Å². The van der Waals surface area contributed by atoms with E-state index in [0.717, 1.165) is 17.6 Å². The van der Waals surface area contributed by atoms with Gasteiger partial charge >= 0.3 is 0 Å². The zero-order valence-electron chi connectivity index (χ0n) is 10.5. The van der Waals surface area contributed by atoms with Gasteiger partial charge in [-0.1, -0.05) is 15.9 Å². The predicted molar refractivity (Wildman–Crippen MR) is 76.9 cm³/mol. The van der Waals surface area contributed by atoms with Crippen LogP contribution in [-0.4, -0.2) is 33.1 Å². The number of nitrogens with zero attached hydrogens (tertiary/aromatic N) is 1. The second-order valence-corrected chi connectivity index (χ2v) is 4.97. The summed E-state index contributed by atoms with van der Waals surface area (Å²) in [6.07, 6.45) is 0. The molecule has 0 unspecified atom stereocenters. The van der Waals surface area contributed by atoms with Crippen LogP contribution < -0.4 is 15.5 Å². The Morgan fingerprint density at radius 2 is 1.82 bits per heavy atom. The minimum atomic E-state index is 0.454. The Morgan fingerprint density at radius 1 is 1.24 bits per heavy atom. The zero-order chi connectivity index (χ0) is 12.8. The molecule has 0 amide bonds. The molecule has 0 aliphatic carbocycles. The lowest BCUT2D eigenvalue weighted by molar-refractivity contribution is 0.942. The summed E-state index contributed by atoms with van der Waals surface area (Å²) in [5.74, 6) is 0.454. The van der Waals surface area contributed by atoms with Gasteiger partial charge in [0.05, 0.1) is 0 Å². The summed E-state index contributed by atoms with van der Waals surface area (Å²) in [7, 11) is 4.10. The highest BCUT2D eigenvalue weighted by Crippen LogP contribution is 2.21. The van der Waals surface area contributed by atoms with E-state index in [1.54, 1.807) is 0 Å². The fourth-order valence-electron chi connectivity index (χ4n) is 1.56. The molecule has 0 saturated carbocycles. The van der Waals surface area contributed by atoms with E-state index in [1.807, 2.05) is 0 Å². The van der Waals surface area contributed by atoms with Crippen LogP contribution in [0.3, 0.4) is 0 Å². The van der Waals surface area contributed by atoms with Gasteiger partial charge in [-0.3, -0.25) is 5.41 Å². The second-order valence-electron chi connectivity index (χ2n) is 4.05. The monoisotopic (exact) mass is 298 g/mol. The maximum atomic E-state index is 6.83. The van der Waals surface area contributed by atoms with Crippen LogP contribution in [0.15, 0.2) is 22.7 Å². The molecule has 1 aliphatic rings. The van der Waals surface area contributed by atoms with E-state index in [1.165, 1.54) is 11.3 Å². The molecule has 0 atom stereocenters. The van der Waals surface area contributed by atoms with Gasteiger partial charge in [-0.15, -0.1) is 0 Å². The van der Waals surface area contributed by atoms with Crippen LogP contribution in [0.4, 0.5) is 5.69 Å². The largest absolute Gasteiger partial charge is 0.377 e. The van der Waals surface area contributed by atoms with Crippen LogP contribution >= 0.6 is 15.9 Å². The first-order valence-electron chi connectivity index (χ1n) is 5.50. The van der Waals surface area contributed by atoms with Crippen LogP contribution in [0.5, 0.6) is 0 Å². The van der Waals surface area contributed by atoms with Gasteiger partial charge in [0.1, 0.15) is 0 Å². The van der Waals surface area contributed by atoms with Crippen LogP contribution in [-0.2, 0) is 0 Å². The highest BCUT2D eigenvalue weighted by atomic mass is 79.9. The molecule has 5 heteroatoms. The van der Waals surface area contributed by atoms with Crippen molar-refractivity contribution in [1.29, 1.82) is 5.41 Å².